The molecule has 0 aliphatic carbocycles. The van der Waals surface area contributed by atoms with Gasteiger partial charge >= 0.3 is 0 Å². The van der Waals surface area contributed by atoms with Gasteiger partial charge in [0.05, 0.1) is 11.9 Å². The summed E-state index contributed by atoms with van der Waals surface area (Å²) in [5, 5.41) is 7.09. The number of hydrogen-bond acceptors (Lipinski definition) is 5. The maximum Gasteiger partial charge on any atom is 0.271 e. The zero-order valence-electron chi connectivity index (χ0n) is 11.5. The molecular weight excluding hydrogens is 296 g/mol. The average molecular weight is 314 g/mol. The van der Waals surface area contributed by atoms with Crippen LogP contribution in [-0.2, 0) is 23.0 Å². The van der Waals surface area contributed by atoms with Crippen LogP contribution in [-0.4, -0.2) is 31.8 Å². The van der Waals surface area contributed by atoms with E-state index in [2.05, 4.69) is 15.1 Å². The number of nitrogens with zero attached hydrogens (tertiary/aromatic N) is 2. The number of likely N-dealkylation sites (N-methyl/N-ethyl adjacent to an activating group) is 1. The van der Waals surface area contributed by atoms with Gasteiger partial charge in [0, 0.05) is 17.6 Å². The van der Waals surface area contributed by atoms with Crippen molar-refractivity contribution in [3.63, 3.8) is 0 Å². The molecule has 20 heavy (non-hydrogen) atoms. The van der Waals surface area contributed by atoms with E-state index >= 15 is 0 Å². The van der Waals surface area contributed by atoms with E-state index in [4.69, 9.17) is 0 Å². The molecule has 0 aliphatic heterocycles. The highest BCUT2D eigenvalue weighted by molar-refractivity contribution is 7.94. The number of nitrogens with one attached hydrogen (secondary N) is 2. The Morgan fingerprint density at radius 3 is 2.85 bits per heavy atom. The van der Waals surface area contributed by atoms with E-state index < -0.39 is 10.0 Å². The number of aromatic nitrogens is 2. The first kappa shape index (κ1) is 15.0. The predicted molar refractivity (Wildman–Crippen MR) is 80.7 cm³/mol. The normalized spacial score (nSPS) is 11.7. The summed E-state index contributed by atoms with van der Waals surface area (Å²) in [4.78, 5) is 1.05. The number of thiophene rings is 1. The maximum atomic E-state index is 12.2. The smallest absolute Gasteiger partial charge is 0.271 e. The van der Waals surface area contributed by atoms with E-state index in [-0.39, 0.29) is 0 Å². The van der Waals surface area contributed by atoms with Crippen LogP contribution in [0.2, 0.25) is 0 Å². The molecule has 0 saturated heterocycles. The van der Waals surface area contributed by atoms with Gasteiger partial charge in [0.25, 0.3) is 10.0 Å². The van der Waals surface area contributed by atoms with E-state index in [9.17, 15) is 8.42 Å². The Hall–Kier alpha value is -1.38. The number of sulfonamides is 1. The minimum atomic E-state index is -3.52. The molecular formula is C12H18N4O2S2. The fraction of sp³-hybridized carbons (Fsp3) is 0.417. The lowest BCUT2D eigenvalue weighted by molar-refractivity contribution is 0.603. The third-order valence-corrected chi connectivity index (χ3v) is 5.75. The van der Waals surface area contributed by atoms with Crippen molar-refractivity contribution in [2.45, 2.75) is 24.1 Å². The van der Waals surface area contributed by atoms with Gasteiger partial charge in [-0.05, 0) is 39.1 Å². The zero-order valence-corrected chi connectivity index (χ0v) is 13.1. The number of aryl methyl sites for hydroxylation is 1. The topological polar surface area (TPSA) is 76.0 Å². The van der Waals surface area contributed by atoms with Gasteiger partial charge in [-0.3, -0.25) is 9.40 Å². The molecule has 2 heterocycles. The first-order valence-corrected chi connectivity index (χ1v) is 8.63. The molecule has 0 radical (unpaired) electrons. The van der Waals surface area contributed by atoms with Crippen molar-refractivity contribution in [1.82, 2.24) is 15.1 Å². The van der Waals surface area contributed by atoms with E-state index in [1.54, 1.807) is 16.9 Å². The summed E-state index contributed by atoms with van der Waals surface area (Å²) in [7, 11) is -1.64. The molecule has 2 aromatic heterocycles. The molecule has 2 aromatic rings. The second-order valence-electron chi connectivity index (χ2n) is 4.26. The van der Waals surface area contributed by atoms with Crippen LogP contribution in [0.3, 0.4) is 0 Å². The lowest BCUT2D eigenvalue weighted by atomic mass is 10.3. The van der Waals surface area contributed by atoms with Gasteiger partial charge in [-0.25, -0.2) is 8.42 Å². The third kappa shape index (κ3) is 3.59. The molecule has 6 nitrogen and oxygen atoms in total. The summed E-state index contributed by atoms with van der Waals surface area (Å²) in [6.45, 7) is 3.48. The van der Waals surface area contributed by atoms with Crippen molar-refractivity contribution < 1.29 is 8.42 Å². The Bertz CT molecular complexity index is 661. The van der Waals surface area contributed by atoms with Crippen molar-refractivity contribution in [3.8, 4) is 0 Å². The van der Waals surface area contributed by atoms with Crippen LogP contribution in [0.4, 0.5) is 5.69 Å². The largest absolute Gasteiger partial charge is 0.319 e. The van der Waals surface area contributed by atoms with Gasteiger partial charge in [-0.1, -0.05) is 0 Å². The molecule has 8 heteroatoms. The standard InChI is InChI=1S/C12H18N4O2S2/c1-3-16-9-10(8-14-16)15-20(17,18)12-5-4-11(19-12)6-7-13-2/h4-5,8-9,13,15H,3,6-7H2,1-2H3. The molecule has 0 aliphatic rings. The lowest BCUT2D eigenvalue weighted by Gasteiger charge is -2.02. The SMILES string of the molecule is CCn1cc(NS(=O)(=O)c2ccc(CCNC)s2)cn1. The van der Waals surface area contributed by atoms with Crippen molar-refractivity contribution in [1.29, 1.82) is 0 Å². The third-order valence-electron chi connectivity index (χ3n) is 2.73. The lowest BCUT2D eigenvalue weighted by Crippen LogP contribution is -2.11. The van der Waals surface area contributed by atoms with Crippen LogP contribution in [0.25, 0.3) is 0 Å². The van der Waals surface area contributed by atoms with Crippen LogP contribution >= 0.6 is 11.3 Å². The van der Waals surface area contributed by atoms with E-state index in [1.807, 2.05) is 20.0 Å². The number of rotatable bonds is 7. The summed E-state index contributed by atoms with van der Waals surface area (Å²) < 4.78 is 29.0. The first-order chi connectivity index (χ1) is 9.55. The minimum absolute atomic E-state index is 0.327. The molecule has 110 valence electrons. The molecule has 0 amide bonds. The molecule has 0 fully saturated rings. The van der Waals surface area contributed by atoms with E-state index in [0.717, 1.165) is 17.8 Å². The van der Waals surface area contributed by atoms with Gasteiger partial charge in [0.15, 0.2) is 0 Å². The molecule has 0 saturated carbocycles. The van der Waals surface area contributed by atoms with Crippen LogP contribution in [0.1, 0.15) is 11.8 Å². The van der Waals surface area contributed by atoms with E-state index in [1.165, 1.54) is 17.5 Å². The Morgan fingerprint density at radius 2 is 2.20 bits per heavy atom. The summed E-state index contributed by atoms with van der Waals surface area (Å²) in [5.74, 6) is 0. The molecule has 0 unspecified atom stereocenters. The van der Waals surface area contributed by atoms with Gasteiger partial charge in [0.2, 0.25) is 0 Å². The quantitative estimate of drug-likeness (QED) is 0.812. The summed E-state index contributed by atoms with van der Waals surface area (Å²) in [6.07, 6.45) is 4.01. The van der Waals surface area contributed by atoms with Crippen LogP contribution in [0, 0.1) is 0 Å². The molecule has 0 bridgehead atoms. The maximum absolute atomic E-state index is 12.2. The van der Waals surface area contributed by atoms with Gasteiger partial charge < -0.3 is 5.32 Å². The zero-order chi connectivity index (χ0) is 14.6. The monoisotopic (exact) mass is 314 g/mol. The summed E-state index contributed by atoms with van der Waals surface area (Å²) >= 11 is 1.29. The Kier molecular flexibility index (Phi) is 4.79. The molecule has 0 spiro atoms. The van der Waals surface area contributed by atoms with Crippen molar-refractivity contribution in [3.05, 3.63) is 29.4 Å². The van der Waals surface area contributed by atoms with Crippen molar-refractivity contribution in [2.24, 2.45) is 0 Å². The highest BCUT2D eigenvalue weighted by atomic mass is 32.2. The highest BCUT2D eigenvalue weighted by Gasteiger charge is 2.17. The highest BCUT2D eigenvalue weighted by Crippen LogP contribution is 2.24. The van der Waals surface area contributed by atoms with Gasteiger partial charge in [-0.15, -0.1) is 11.3 Å². The molecule has 0 aromatic carbocycles. The fourth-order valence-electron chi connectivity index (χ4n) is 1.68. The first-order valence-electron chi connectivity index (χ1n) is 6.33. The second kappa shape index (κ2) is 6.38. The van der Waals surface area contributed by atoms with E-state index in [0.29, 0.717) is 16.4 Å². The Balaban J connectivity index is 2.11. The number of hydrogen-bond donors (Lipinski definition) is 2. The van der Waals surface area contributed by atoms with Crippen molar-refractivity contribution in [2.75, 3.05) is 18.3 Å². The fourth-order valence-corrected chi connectivity index (χ4v) is 4.06. The molecule has 2 rings (SSSR count). The Morgan fingerprint density at radius 1 is 1.40 bits per heavy atom. The molecule has 0 atom stereocenters. The minimum Gasteiger partial charge on any atom is -0.319 e. The van der Waals surface area contributed by atoms with Crippen LogP contribution in [0.5, 0.6) is 0 Å². The summed E-state index contributed by atoms with van der Waals surface area (Å²) in [5.41, 5.74) is 0.483. The van der Waals surface area contributed by atoms with Crippen LogP contribution in [0.15, 0.2) is 28.7 Å². The average Bonchev–Trinajstić information content (AvgIpc) is 3.04. The van der Waals surface area contributed by atoms with Gasteiger partial charge in [-0.2, -0.15) is 5.10 Å². The second-order valence-corrected chi connectivity index (χ2v) is 7.34. The molecule has 2 N–H and O–H groups in total. The predicted octanol–water partition coefficient (Wildman–Crippen LogP) is 1.53. The van der Waals surface area contributed by atoms with Crippen LogP contribution < -0.4 is 10.0 Å². The number of anilines is 1. The van der Waals surface area contributed by atoms with Crippen molar-refractivity contribution >= 4 is 27.0 Å². The Labute approximate surface area is 122 Å². The summed E-state index contributed by atoms with van der Waals surface area (Å²) in [6, 6.07) is 3.49. The van der Waals surface area contributed by atoms with Gasteiger partial charge in [0.1, 0.15) is 4.21 Å².